The van der Waals surface area contributed by atoms with Crippen molar-refractivity contribution in [2.75, 3.05) is 36.0 Å². The van der Waals surface area contributed by atoms with Gasteiger partial charge in [-0.3, -0.25) is 14.9 Å². The number of rotatable bonds is 4. The van der Waals surface area contributed by atoms with Crippen LogP contribution in [0, 0.1) is 35.3 Å². The minimum atomic E-state index is -0.546. The van der Waals surface area contributed by atoms with Gasteiger partial charge in [0.05, 0.1) is 27.4 Å². The second kappa shape index (κ2) is 7.48. The monoisotopic (exact) mass is 381 g/mol. The van der Waals surface area contributed by atoms with Crippen LogP contribution >= 0.6 is 0 Å². The maximum atomic E-state index is 11.9. The number of non-ortho nitro benzene ring substituents is 1. The number of piperazine rings is 1. The predicted molar refractivity (Wildman–Crippen MR) is 102 cm³/mol. The Hall–Kier alpha value is -3.74. The molecule has 2 N–H and O–H groups in total. The van der Waals surface area contributed by atoms with E-state index in [1.54, 1.807) is 19.9 Å². The summed E-state index contributed by atoms with van der Waals surface area (Å²) in [6, 6.07) is 6.29. The Morgan fingerprint density at radius 3 is 2.43 bits per heavy atom. The van der Waals surface area contributed by atoms with Gasteiger partial charge in [0.15, 0.2) is 5.82 Å². The van der Waals surface area contributed by atoms with Crippen molar-refractivity contribution in [3.63, 3.8) is 0 Å². The molecule has 144 valence electrons. The molecule has 1 aromatic carbocycles. The van der Waals surface area contributed by atoms with Crippen molar-refractivity contribution < 1.29 is 9.72 Å². The lowest BCUT2D eigenvalue weighted by molar-refractivity contribution is -0.384. The Kier molecular flexibility index (Phi) is 5.08. The number of hydrogen-bond acceptors (Lipinski definition) is 8. The molecule has 0 saturated carbocycles. The fourth-order valence-electron chi connectivity index (χ4n) is 3.27. The molecule has 28 heavy (non-hydrogen) atoms. The molecule has 3 rings (SSSR count). The number of nitrogens with zero attached hydrogens (tertiary/aromatic N) is 6. The number of carbonyl (C=O) groups is 1. The molecule has 0 atom stereocenters. The van der Waals surface area contributed by atoms with E-state index in [-0.39, 0.29) is 11.3 Å². The van der Waals surface area contributed by atoms with Gasteiger partial charge in [-0.05, 0) is 25.5 Å². The van der Waals surface area contributed by atoms with Gasteiger partial charge in [0, 0.05) is 38.3 Å². The lowest BCUT2D eigenvalue weighted by Gasteiger charge is -2.37. The van der Waals surface area contributed by atoms with Gasteiger partial charge in [-0.2, -0.15) is 10.4 Å². The fourth-order valence-corrected chi connectivity index (χ4v) is 3.27. The number of amides is 1. The molecule has 1 fully saturated rings. The van der Waals surface area contributed by atoms with Crippen molar-refractivity contribution in [2.24, 2.45) is 5.73 Å². The normalized spacial score (nSPS) is 13.9. The molecule has 1 aliphatic rings. The van der Waals surface area contributed by atoms with Crippen LogP contribution in [0.3, 0.4) is 0 Å². The topological polar surface area (TPSA) is 142 Å². The van der Waals surface area contributed by atoms with E-state index < -0.39 is 10.8 Å². The molecule has 0 unspecified atom stereocenters. The van der Waals surface area contributed by atoms with Gasteiger partial charge < -0.3 is 15.5 Å². The highest BCUT2D eigenvalue weighted by molar-refractivity contribution is 5.99. The Morgan fingerprint density at radius 1 is 1.21 bits per heavy atom. The summed E-state index contributed by atoms with van der Waals surface area (Å²) in [5.74, 6) is -0.0884. The number of nitriles is 1. The maximum Gasteiger partial charge on any atom is 0.270 e. The van der Waals surface area contributed by atoms with Crippen molar-refractivity contribution in [3.8, 4) is 6.07 Å². The summed E-state index contributed by atoms with van der Waals surface area (Å²) in [4.78, 5) is 26.2. The van der Waals surface area contributed by atoms with E-state index in [0.29, 0.717) is 54.5 Å². The molecule has 1 saturated heterocycles. The zero-order chi connectivity index (χ0) is 20.4. The predicted octanol–water partition coefficient (Wildman–Crippen LogP) is 1.30. The number of primary amides is 1. The quantitative estimate of drug-likeness (QED) is 0.617. The molecule has 1 aliphatic heterocycles. The van der Waals surface area contributed by atoms with Crippen LogP contribution in [-0.4, -0.2) is 47.2 Å². The summed E-state index contributed by atoms with van der Waals surface area (Å²) < 4.78 is 0. The highest BCUT2D eigenvalue weighted by Crippen LogP contribution is 2.28. The van der Waals surface area contributed by atoms with E-state index in [1.807, 2.05) is 15.9 Å². The summed E-state index contributed by atoms with van der Waals surface area (Å²) >= 11 is 0. The van der Waals surface area contributed by atoms with Crippen LogP contribution in [0.1, 0.15) is 27.2 Å². The molecule has 2 aromatic rings. The molecule has 0 bridgehead atoms. The van der Waals surface area contributed by atoms with Gasteiger partial charge in [-0.25, -0.2) is 0 Å². The van der Waals surface area contributed by atoms with E-state index in [0.717, 1.165) is 0 Å². The summed E-state index contributed by atoms with van der Waals surface area (Å²) in [5.41, 5.74) is 8.07. The van der Waals surface area contributed by atoms with Crippen molar-refractivity contribution >= 4 is 23.1 Å². The standard InChI is InChI=1S/C18H19N7O3/c1-11-12(2)21-22-18(16(11)17(20)26)24-7-5-23(6-8-24)15-4-3-14(25(27)28)9-13(15)10-19/h3-4,9H,5-8H2,1-2H3,(H2,20,26). The molecule has 1 aromatic heterocycles. The number of nitro groups is 1. The van der Waals surface area contributed by atoms with Crippen LogP contribution in [-0.2, 0) is 0 Å². The first-order valence-electron chi connectivity index (χ1n) is 8.65. The highest BCUT2D eigenvalue weighted by Gasteiger charge is 2.26. The zero-order valence-electron chi connectivity index (χ0n) is 15.5. The first-order valence-corrected chi connectivity index (χ1v) is 8.65. The molecule has 0 spiro atoms. The third kappa shape index (κ3) is 3.42. The van der Waals surface area contributed by atoms with Gasteiger partial charge in [0.25, 0.3) is 11.6 Å². The smallest absolute Gasteiger partial charge is 0.270 e. The molecule has 2 heterocycles. The fraction of sp³-hybridized carbons (Fsp3) is 0.333. The Labute approximate surface area is 161 Å². The van der Waals surface area contributed by atoms with Crippen LogP contribution < -0.4 is 15.5 Å². The lowest BCUT2D eigenvalue weighted by Crippen LogP contribution is -2.47. The Morgan fingerprint density at radius 2 is 1.86 bits per heavy atom. The highest BCUT2D eigenvalue weighted by atomic mass is 16.6. The van der Waals surface area contributed by atoms with Gasteiger partial charge in [-0.1, -0.05) is 0 Å². The summed E-state index contributed by atoms with van der Waals surface area (Å²) in [6.45, 7) is 5.76. The van der Waals surface area contributed by atoms with Crippen LogP contribution in [0.15, 0.2) is 18.2 Å². The second-order valence-electron chi connectivity index (χ2n) is 6.52. The minimum absolute atomic E-state index is 0.115. The average molecular weight is 381 g/mol. The summed E-state index contributed by atoms with van der Waals surface area (Å²) in [6.07, 6.45) is 0. The van der Waals surface area contributed by atoms with Gasteiger partial charge in [0.2, 0.25) is 0 Å². The molecule has 10 heteroatoms. The van der Waals surface area contributed by atoms with Crippen LogP contribution in [0.5, 0.6) is 0 Å². The number of aryl methyl sites for hydroxylation is 1. The number of hydrogen-bond donors (Lipinski definition) is 1. The number of nitrogens with two attached hydrogens (primary N) is 1. The lowest BCUT2D eigenvalue weighted by atomic mass is 10.1. The van der Waals surface area contributed by atoms with E-state index in [2.05, 4.69) is 10.2 Å². The summed E-state index contributed by atoms with van der Waals surface area (Å²) in [7, 11) is 0. The summed E-state index contributed by atoms with van der Waals surface area (Å²) in [5, 5.41) is 28.6. The Bertz CT molecular complexity index is 991. The van der Waals surface area contributed by atoms with Gasteiger partial charge >= 0.3 is 0 Å². The molecule has 0 radical (unpaired) electrons. The van der Waals surface area contributed by atoms with Crippen LogP contribution in [0.2, 0.25) is 0 Å². The first kappa shape index (κ1) is 19.0. The molecule has 0 aliphatic carbocycles. The second-order valence-corrected chi connectivity index (χ2v) is 6.52. The third-order valence-electron chi connectivity index (χ3n) is 4.91. The van der Waals surface area contributed by atoms with Crippen LogP contribution in [0.25, 0.3) is 0 Å². The number of carbonyl (C=O) groups excluding carboxylic acids is 1. The molecule has 1 amide bonds. The molecule has 10 nitrogen and oxygen atoms in total. The number of aromatic nitrogens is 2. The molecular weight excluding hydrogens is 362 g/mol. The van der Waals surface area contributed by atoms with E-state index in [9.17, 15) is 20.2 Å². The molecular formula is C18H19N7O3. The van der Waals surface area contributed by atoms with Gasteiger partial charge in [0.1, 0.15) is 6.07 Å². The number of nitro benzene ring substituents is 1. The Balaban J connectivity index is 1.83. The van der Waals surface area contributed by atoms with Crippen molar-refractivity contribution in [3.05, 3.63) is 50.7 Å². The zero-order valence-corrected chi connectivity index (χ0v) is 15.5. The van der Waals surface area contributed by atoms with Crippen LogP contribution in [0.4, 0.5) is 17.2 Å². The van der Waals surface area contributed by atoms with Crippen molar-refractivity contribution in [1.82, 2.24) is 10.2 Å². The van der Waals surface area contributed by atoms with E-state index in [4.69, 9.17) is 5.73 Å². The van der Waals surface area contributed by atoms with Crippen molar-refractivity contribution in [2.45, 2.75) is 13.8 Å². The maximum absolute atomic E-state index is 11.9. The number of anilines is 2. The van der Waals surface area contributed by atoms with Crippen molar-refractivity contribution in [1.29, 1.82) is 5.26 Å². The van der Waals surface area contributed by atoms with E-state index in [1.165, 1.54) is 12.1 Å². The SMILES string of the molecule is Cc1nnc(N2CCN(c3ccc([N+](=O)[O-])cc3C#N)CC2)c(C(N)=O)c1C. The first-order chi connectivity index (χ1) is 13.3. The minimum Gasteiger partial charge on any atom is -0.367 e. The average Bonchev–Trinajstić information content (AvgIpc) is 2.69. The van der Waals surface area contributed by atoms with E-state index >= 15 is 0 Å². The third-order valence-corrected chi connectivity index (χ3v) is 4.91. The largest absolute Gasteiger partial charge is 0.367 e. The number of benzene rings is 1. The van der Waals surface area contributed by atoms with Gasteiger partial charge in [-0.15, -0.1) is 5.10 Å².